The third kappa shape index (κ3) is 67.9. The third-order valence-electron chi connectivity index (χ3n) is 15.0. The monoisotopic (exact) mass is 1210 g/mol. The van der Waals surface area contributed by atoms with Gasteiger partial charge in [0.25, 0.3) is 7.82 Å². The first-order valence-corrected chi connectivity index (χ1v) is 36.7. The van der Waals surface area contributed by atoms with Crippen LogP contribution in [0, 0.1) is 0 Å². The Bertz CT molecular complexity index is 1910. The minimum atomic E-state index is -4.62. The van der Waals surface area contributed by atoms with Crippen molar-refractivity contribution in [3.05, 3.63) is 146 Å². The number of allylic oxidation sites excluding steroid dienone is 23. The number of hydrogen-bond acceptors (Lipinski definition) is 6. The van der Waals surface area contributed by atoms with Crippen LogP contribution in [0.4, 0.5) is 0 Å². The summed E-state index contributed by atoms with van der Waals surface area (Å²) in [6, 6.07) is -0.921. The topological polar surface area (TPSA) is 108 Å². The van der Waals surface area contributed by atoms with Crippen molar-refractivity contribution in [2.45, 2.75) is 296 Å². The van der Waals surface area contributed by atoms with Gasteiger partial charge >= 0.3 is 0 Å². The van der Waals surface area contributed by atoms with Gasteiger partial charge in [-0.2, -0.15) is 0 Å². The molecule has 1 amide bonds. The summed E-state index contributed by atoms with van der Waals surface area (Å²) in [5.74, 6) is -0.216. The van der Waals surface area contributed by atoms with Gasteiger partial charge in [0.05, 0.1) is 39.9 Å². The molecule has 0 heterocycles. The highest BCUT2D eigenvalue weighted by atomic mass is 31.2. The molecule has 0 bridgehead atoms. The Morgan fingerprint density at radius 2 is 0.721 bits per heavy atom. The minimum absolute atomic E-state index is 0.0149. The Hall–Kier alpha value is -3.62. The fourth-order valence-electron chi connectivity index (χ4n) is 9.59. The Balaban J connectivity index is 4.13. The molecule has 0 aromatic heterocycles. The summed E-state index contributed by atoms with van der Waals surface area (Å²) in [5.41, 5.74) is 0. The normalized spacial score (nSPS) is 14.5. The zero-order chi connectivity index (χ0) is 62.6. The number of carbonyl (C=O) groups is 1. The number of nitrogens with zero attached hydrogens (tertiary/aromatic N) is 1. The lowest BCUT2D eigenvalue weighted by atomic mass is 10.0. The van der Waals surface area contributed by atoms with Gasteiger partial charge in [0.1, 0.15) is 13.2 Å². The molecule has 2 N–H and O–H groups in total. The molecule has 492 valence electrons. The molecule has 86 heavy (non-hydrogen) atoms. The number of quaternary nitrogens is 1. The van der Waals surface area contributed by atoms with Gasteiger partial charge in [0.15, 0.2) is 0 Å². The summed E-state index contributed by atoms with van der Waals surface area (Å²) in [7, 11) is 1.22. The van der Waals surface area contributed by atoms with Crippen LogP contribution in [0.25, 0.3) is 0 Å². The van der Waals surface area contributed by atoms with E-state index >= 15 is 0 Å². The largest absolute Gasteiger partial charge is 0.756 e. The second-order valence-electron chi connectivity index (χ2n) is 24.5. The molecule has 0 rings (SSSR count). The Labute approximate surface area is 531 Å². The molecule has 3 unspecified atom stereocenters. The number of hydrogen-bond donors (Lipinski definition) is 2. The summed E-state index contributed by atoms with van der Waals surface area (Å²) in [4.78, 5) is 25.6. The predicted octanol–water partition coefficient (Wildman–Crippen LogP) is 22.1. The number of aliphatic hydroxyl groups is 1. The minimum Gasteiger partial charge on any atom is -0.756 e. The molecule has 0 radical (unpaired) electrons. The van der Waals surface area contributed by atoms with E-state index in [1.807, 2.05) is 27.2 Å². The highest BCUT2D eigenvalue weighted by Crippen LogP contribution is 2.38. The van der Waals surface area contributed by atoms with Crippen molar-refractivity contribution in [2.75, 3.05) is 40.9 Å². The summed E-state index contributed by atoms with van der Waals surface area (Å²) in [6.07, 6.45) is 101. The van der Waals surface area contributed by atoms with Crippen LogP contribution >= 0.6 is 7.82 Å². The zero-order valence-electron chi connectivity index (χ0n) is 56.2. The number of rotatable bonds is 63. The second kappa shape index (κ2) is 65.8. The van der Waals surface area contributed by atoms with Gasteiger partial charge in [-0.3, -0.25) is 9.36 Å². The number of phosphoric ester groups is 1. The maximum Gasteiger partial charge on any atom is 0.268 e. The van der Waals surface area contributed by atoms with Crippen LogP contribution in [-0.2, 0) is 18.4 Å². The maximum atomic E-state index is 13.0. The van der Waals surface area contributed by atoms with Gasteiger partial charge < -0.3 is 28.8 Å². The van der Waals surface area contributed by atoms with Crippen molar-refractivity contribution >= 4 is 13.7 Å². The van der Waals surface area contributed by atoms with E-state index in [1.165, 1.54) is 161 Å². The average molecular weight is 1210 g/mol. The zero-order valence-corrected chi connectivity index (χ0v) is 57.1. The molecule has 0 saturated heterocycles. The van der Waals surface area contributed by atoms with Crippen molar-refractivity contribution in [1.29, 1.82) is 0 Å². The lowest BCUT2D eigenvalue weighted by molar-refractivity contribution is -0.870. The predicted molar refractivity (Wildman–Crippen MR) is 375 cm³/mol. The number of amides is 1. The van der Waals surface area contributed by atoms with Gasteiger partial charge in [0, 0.05) is 6.42 Å². The fourth-order valence-corrected chi connectivity index (χ4v) is 10.3. The molecule has 0 aromatic carbocycles. The van der Waals surface area contributed by atoms with Crippen LogP contribution in [-0.4, -0.2) is 68.5 Å². The first-order chi connectivity index (χ1) is 42.0. The standard InChI is InChI=1S/C77H133N2O6P/c1-6-8-10-12-14-16-18-20-22-24-26-28-30-31-32-33-34-35-36-37-38-39-40-41-42-43-44-45-46-47-49-51-53-55-57-59-61-63-65-67-69-71-77(81)78-75(74-85-86(82,83)84-73-72-79(3,4)5)76(80)70-68-66-64-62-60-58-56-54-52-50-48-29-27-25-23-21-19-17-15-13-11-9-7-2/h8,10,14,16,20,22,26,28,31-32,34-35,37-38,40-41,43-44,52,54,60,62,68,70,75-76,80H,6-7,9,11-13,15,17-19,21,23-25,27,29-30,33,36,39,42,45-51,53,55-59,61,63-67,69,71-74H2,1-5H3,(H-,78,81,82,83)/b10-8-,16-14-,22-20-,28-26-,32-31-,35-34-,38-37-,41-40-,44-43-,54-52+,62-60+,70-68+. The molecule has 9 heteroatoms. The van der Waals surface area contributed by atoms with Crippen LogP contribution in [0.2, 0.25) is 0 Å². The summed E-state index contributed by atoms with van der Waals surface area (Å²) < 4.78 is 23.4. The quantitative estimate of drug-likeness (QED) is 0.0272. The summed E-state index contributed by atoms with van der Waals surface area (Å²) in [5, 5.41) is 13.9. The van der Waals surface area contributed by atoms with Gasteiger partial charge in [-0.25, -0.2) is 0 Å². The van der Waals surface area contributed by atoms with Crippen molar-refractivity contribution < 1.29 is 32.9 Å². The molecule has 0 aliphatic heterocycles. The smallest absolute Gasteiger partial charge is 0.268 e. The highest BCUT2D eigenvalue weighted by molar-refractivity contribution is 7.45. The van der Waals surface area contributed by atoms with Gasteiger partial charge in [0.2, 0.25) is 5.91 Å². The Morgan fingerprint density at radius 1 is 0.419 bits per heavy atom. The Kier molecular flexibility index (Phi) is 63.0. The average Bonchev–Trinajstić information content (AvgIpc) is 3.70. The fraction of sp³-hybridized carbons (Fsp3) is 0.675. The highest BCUT2D eigenvalue weighted by Gasteiger charge is 2.23. The SMILES string of the molecule is CC/C=C\C/C=C\C/C=C\C/C=C\C/C=C\C/C=C\C/C=C\C/C=C\C/C=C\CCCCCCCCCCCCCCCC(=O)NC(COP(=O)([O-])OCC[N+](C)(C)C)C(O)/C=C/CC/C=C/CC/C=C/CCCCCCCCCCCCCCC. The lowest BCUT2D eigenvalue weighted by Gasteiger charge is -2.29. The van der Waals surface area contributed by atoms with Gasteiger partial charge in [-0.1, -0.05) is 307 Å². The van der Waals surface area contributed by atoms with Crippen LogP contribution in [0.5, 0.6) is 0 Å². The van der Waals surface area contributed by atoms with E-state index in [2.05, 4.69) is 153 Å². The lowest BCUT2D eigenvalue weighted by Crippen LogP contribution is -2.45. The second-order valence-corrected chi connectivity index (χ2v) is 25.9. The first kappa shape index (κ1) is 82.4. The van der Waals surface area contributed by atoms with E-state index in [0.29, 0.717) is 17.4 Å². The van der Waals surface area contributed by atoms with Crippen molar-refractivity contribution in [3.63, 3.8) is 0 Å². The molecule has 0 spiro atoms. The Morgan fingerprint density at radius 3 is 1.08 bits per heavy atom. The number of phosphoric acid groups is 1. The van der Waals surface area contributed by atoms with E-state index in [9.17, 15) is 19.4 Å². The molecule has 0 aliphatic carbocycles. The molecule has 8 nitrogen and oxygen atoms in total. The van der Waals surface area contributed by atoms with E-state index < -0.39 is 26.6 Å². The van der Waals surface area contributed by atoms with Crippen LogP contribution in [0.15, 0.2) is 146 Å². The number of aliphatic hydroxyl groups excluding tert-OH is 1. The molecule has 0 fully saturated rings. The maximum absolute atomic E-state index is 13.0. The third-order valence-corrected chi connectivity index (χ3v) is 16.0. The van der Waals surface area contributed by atoms with Crippen molar-refractivity contribution in [2.24, 2.45) is 0 Å². The van der Waals surface area contributed by atoms with E-state index in [-0.39, 0.29) is 12.5 Å². The van der Waals surface area contributed by atoms with Crippen LogP contribution in [0.3, 0.4) is 0 Å². The van der Waals surface area contributed by atoms with E-state index in [4.69, 9.17) is 9.05 Å². The molecular formula is C77H133N2O6P. The number of nitrogens with one attached hydrogen (secondary N) is 1. The number of unbranched alkanes of at least 4 members (excludes halogenated alkanes) is 28. The van der Waals surface area contributed by atoms with Crippen molar-refractivity contribution in [3.8, 4) is 0 Å². The van der Waals surface area contributed by atoms with Crippen molar-refractivity contribution in [1.82, 2.24) is 5.32 Å². The van der Waals surface area contributed by atoms with Crippen LogP contribution in [0.1, 0.15) is 284 Å². The number of likely N-dealkylation sites (N-methyl/N-ethyl adjacent to an activating group) is 1. The summed E-state index contributed by atoms with van der Waals surface area (Å²) >= 11 is 0. The van der Waals surface area contributed by atoms with Crippen LogP contribution < -0.4 is 10.2 Å². The molecular weight excluding hydrogens is 1080 g/mol. The molecule has 0 aromatic rings. The summed E-state index contributed by atoms with van der Waals surface area (Å²) in [6.45, 7) is 4.51. The van der Waals surface area contributed by atoms with E-state index in [0.717, 1.165) is 103 Å². The van der Waals surface area contributed by atoms with Gasteiger partial charge in [-0.05, 0) is 116 Å². The molecule has 3 atom stereocenters. The first-order valence-electron chi connectivity index (χ1n) is 35.2. The van der Waals surface area contributed by atoms with E-state index in [1.54, 1.807) is 6.08 Å². The van der Waals surface area contributed by atoms with Gasteiger partial charge in [-0.15, -0.1) is 0 Å². The number of carbonyl (C=O) groups excluding carboxylic acids is 1. The molecule has 0 saturated carbocycles. The molecule has 0 aliphatic rings.